The van der Waals surface area contributed by atoms with Crippen LogP contribution in [0.2, 0.25) is 0 Å². The molecule has 3 saturated heterocycles. The van der Waals surface area contributed by atoms with E-state index in [9.17, 15) is 10.2 Å². The summed E-state index contributed by atoms with van der Waals surface area (Å²) in [4.78, 5) is 18.6. The number of phenols is 1. The summed E-state index contributed by atoms with van der Waals surface area (Å²) in [6, 6.07) is 5.71. The molecule has 2 N–H and O–H groups in total. The minimum absolute atomic E-state index is 0.0104. The Labute approximate surface area is 307 Å². The first-order valence-corrected chi connectivity index (χ1v) is 18.3. The zero-order chi connectivity index (χ0) is 37.1. The Morgan fingerprint density at radius 3 is 2.60 bits per heavy atom. The Hall–Kier alpha value is -4.35. The highest BCUT2D eigenvalue weighted by atomic mass is 19.1. The van der Waals surface area contributed by atoms with Gasteiger partial charge in [-0.05, 0) is 62.7 Å². The van der Waals surface area contributed by atoms with E-state index in [1.807, 2.05) is 4.90 Å². The van der Waals surface area contributed by atoms with Crippen LogP contribution in [0.1, 0.15) is 51.5 Å². The third kappa shape index (κ3) is 6.39. The minimum Gasteiger partial charge on any atom is -0.508 e. The van der Waals surface area contributed by atoms with Crippen LogP contribution in [0.15, 0.2) is 24.3 Å². The second-order valence-electron chi connectivity index (χ2n) is 15.9. The van der Waals surface area contributed by atoms with Gasteiger partial charge in [-0.15, -0.1) is 6.42 Å². The number of rotatable bonds is 8. The maximum Gasteiger partial charge on any atom is 0.319 e. The Bertz CT molecular complexity index is 2120. The smallest absolute Gasteiger partial charge is 0.319 e. The van der Waals surface area contributed by atoms with Gasteiger partial charge in [0.05, 0.1) is 52.3 Å². The molecule has 0 unspecified atom stereocenters. The highest BCUT2D eigenvalue weighted by Gasteiger charge is 2.50. The molecular formula is C40H45F2N5O6. The summed E-state index contributed by atoms with van der Waals surface area (Å²) in [5.74, 6) is 0.923. The second kappa shape index (κ2) is 13.5. The fraction of sp³-hybridized carbons (Fsp3) is 0.525. The lowest BCUT2D eigenvalue weighted by Gasteiger charge is -2.50. The molecule has 0 amide bonds. The van der Waals surface area contributed by atoms with Gasteiger partial charge in [0.2, 0.25) is 5.88 Å². The predicted octanol–water partition coefficient (Wildman–Crippen LogP) is 5.46. The van der Waals surface area contributed by atoms with Gasteiger partial charge in [0.25, 0.3) is 0 Å². The van der Waals surface area contributed by atoms with Crippen LogP contribution in [0.3, 0.4) is 0 Å². The fourth-order valence-corrected chi connectivity index (χ4v) is 9.10. The lowest BCUT2D eigenvalue weighted by atomic mass is 9.74. The van der Waals surface area contributed by atoms with Crippen molar-refractivity contribution in [3.8, 4) is 41.2 Å². The molecule has 0 bridgehead atoms. The van der Waals surface area contributed by atoms with Gasteiger partial charge in [-0.2, -0.15) is 9.97 Å². The number of piperidine rings is 1. The molecule has 53 heavy (non-hydrogen) atoms. The number of phenolic OH excluding ortho intramolecular Hbond substituents is 1. The number of benzene rings is 2. The number of nitrogens with zero attached hydrogens (tertiary/aromatic N) is 5. The van der Waals surface area contributed by atoms with Gasteiger partial charge in [-0.3, -0.25) is 4.90 Å². The number of aliphatic hydroxyl groups is 1. The normalized spacial score (nSPS) is 25.8. The van der Waals surface area contributed by atoms with E-state index in [0.717, 1.165) is 58.4 Å². The number of anilines is 1. The number of hydrogen-bond donors (Lipinski definition) is 2. The molecule has 4 fully saturated rings. The van der Waals surface area contributed by atoms with Crippen LogP contribution in [0.25, 0.3) is 32.9 Å². The van der Waals surface area contributed by atoms with Gasteiger partial charge < -0.3 is 34.1 Å². The van der Waals surface area contributed by atoms with Crippen molar-refractivity contribution < 1.29 is 37.9 Å². The summed E-state index contributed by atoms with van der Waals surface area (Å²) in [5.41, 5.74) is -1.62. The van der Waals surface area contributed by atoms with Crippen molar-refractivity contribution in [3.63, 3.8) is 0 Å². The van der Waals surface area contributed by atoms with Crippen molar-refractivity contribution in [2.75, 3.05) is 71.2 Å². The topological polar surface area (TPSA) is 123 Å². The monoisotopic (exact) mass is 729 g/mol. The lowest BCUT2D eigenvalue weighted by Crippen LogP contribution is -2.57. The Kier molecular flexibility index (Phi) is 9.08. The average molecular weight is 730 g/mol. The van der Waals surface area contributed by atoms with Gasteiger partial charge in [-0.1, -0.05) is 25.3 Å². The van der Waals surface area contributed by atoms with Gasteiger partial charge in [-0.25, -0.2) is 13.8 Å². The van der Waals surface area contributed by atoms with Crippen LogP contribution in [-0.2, 0) is 9.47 Å². The molecule has 4 aliphatic rings. The summed E-state index contributed by atoms with van der Waals surface area (Å²) in [6.07, 6.45) is 11.0. The van der Waals surface area contributed by atoms with E-state index in [1.54, 1.807) is 6.92 Å². The van der Waals surface area contributed by atoms with E-state index in [0.29, 0.717) is 24.6 Å². The summed E-state index contributed by atoms with van der Waals surface area (Å²) in [6.45, 7) is 8.69. The van der Waals surface area contributed by atoms with Gasteiger partial charge in [0, 0.05) is 40.9 Å². The Balaban J connectivity index is 1.26. The van der Waals surface area contributed by atoms with E-state index in [-0.39, 0.29) is 87.2 Å². The van der Waals surface area contributed by atoms with Crippen LogP contribution < -0.4 is 14.4 Å². The number of fused-ring (bicyclic) bond motifs is 3. The molecule has 11 nitrogen and oxygen atoms in total. The predicted molar refractivity (Wildman–Crippen MR) is 195 cm³/mol. The highest BCUT2D eigenvalue weighted by molar-refractivity contribution is 6.04. The first-order chi connectivity index (χ1) is 25.4. The number of methoxy groups -OCH3 is 1. The number of aromatic hydroxyl groups is 1. The van der Waals surface area contributed by atoms with E-state index in [2.05, 4.69) is 27.7 Å². The summed E-state index contributed by atoms with van der Waals surface area (Å²) < 4.78 is 56.0. The Morgan fingerprint density at radius 1 is 1.04 bits per heavy atom. The summed E-state index contributed by atoms with van der Waals surface area (Å²) in [5, 5.41) is 22.6. The molecule has 3 atom stereocenters. The van der Waals surface area contributed by atoms with Crippen LogP contribution >= 0.6 is 0 Å². The number of likely N-dealkylation sites (tertiary alicyclic amines) is 1. The van der Waals surface area contributed by atoms with Crippen LogP contribution in [-0.4, -0.2) is 108 Å². The van der Waals surface area contributed by atoms with Gasteiger partial charge in [0.1, 0.15) is 39.6 Å². The molecule has 1 saturated carbocycles. The quantitative estimate of drug-likeness (QED) is 0.225. The van der Waals surface area contributed by atoms with Crippen molar-refractivity contribution >= 4 is 27.5 Å². The van der Waals surface area contributed by atoms with Crippen molar-refractivity contribution in [1.82, 2.24) is 19.9 Å². The number of ether oxygens (including phenoxy) is 4. The van der Waals surface area contributed by atoms with Gasteiger partial charge >= 0.3 is 6.01 Å². The standard InChI is InChI=1S/C40H45F2N5O6/c1-5-26-28(41)10-9-24-16-25(48)17-27(30(24)26)33-32(42)34-31(36(43-33)50-4)35(47-14-15-51-22-39(3,49)19-47)45-37(44-34)53-23-40-11-6-8-29(40)46(13-7-12-40)18-38(2)20-52-21-38/h1,9-10,16-17,29,48-49H,6-8,11-15,18-23H2,2-4H3/t29-,39+,40-/m1/s1. The molecule has 8 rings (SSSR count). The zero-order valence-corrected chi connectivity index (χ0v) is 30.4. The van der Waals surface area contributed by atoms with Crippen LogP contribution in [0.5, 0.6) is 17.6 Å². The maximum absolute atomic E-state index is 17.3. The fourth-order valence-electron chi connectivity index (χ4n) is 9.10. The lowest BCUT2D eigenvalue weighted by molar-refractivity contribution is -0.130. The van der Waals surface area contributed by atoms with Crippen molar-refractivity contribution in [2.24, 2.45) is 10.8 Å². The molecule has 4 aromatic rings. The molecule has 1 aliphatic carbocycles. The third-order valence-electron chi connectivity index (χ3n) is 11.5. The largest absolute Gasteiger partial charge is 0.508 e. The maximum atomic E-state index is 17.3. The Morgan fingerprint density at radius 2 is 1.85 bits per heavy atom. The molecule has 5 heterocycles. The summed E-state index contributed by atoms with van der Waals surface area (Å²) >= 11 is 0. The van der Waals surface area contributed by atoms with Gasteiger partial charge in [0.15, 0.2) is 5.82 Å². The van der Waals surface area contributed by atoms with Crippen molar-refractivity contribution in [3.05, 3.63) is 41.5 Å². The molecule has 2 aromatic carbocycles. The highest BCUT2D eigenvalue weighted by Crippen LogP contribution is 2.49. The molecule has 0 spiro atoms. The number of hydrogen-bond acceptors (Lipinski definition) is 11. The third-order valence-corrected chi connectivity index (χ3v) is 11.5. The first kappa shape index (κ1) is 35.7. The number of β-amino-alcohol motifs (C(OH)–C–C–N with tert-alkyl or cyclic N) is 1. The van der Waals surface area contributed by atoms with Crippen LogP contribution in [0, 0.1) is 34.8 Å². The molecule has 3 aliphatic heterocycles. The minimum atomic E-state index is -1.24. The van der Waals surface area contributed by atoms with E-state index in [4.69, 9.17) is 30.4 Å². The number of halogens is 2. The van der Waals surface area contributed by atoms with Crippen molar-refractivity contribution in [2.45, 2.75) is 57.6 Å². The SMILES string of the molecule is C#Cc1c(F)ccc2cc(O)cc(-c3nc(OC)c4c(N5CCOC[C@@](C)(O)C5)nc(OC[C@]56CCC[C@H]5N(CC5(C)COC5)CCC6)nc4c3F)c12. The van der Waals surface area contributed by atoms with Crippen LogP contribution in [0.4, 0.5) is 14.6 Å². The van der Waals surface area contributed by atoms with E-state index >= 15 is 8.78 Å². The molecular weight excluding hydrogens is 684 g/mol. The number of aromatic nitrogens is 3. The molecule has 280 valence electrons. The molecule has 0 radical (unpaired) electrons. The van der Waals surface area contributed by atoms with Crippen molar-refractivity contribution in [1.29, 1.82) is 0 Å². The molecule has 2 aromatic heterocycles. The average Bonchev–Trinajstić information content (AvgIpc) is 3.47. The van der Waals surface area contributed by atoms with E-state index in [1.165, 1.54) is 31.4 Å². The number of terminal acetylenes is 1. The summed E-state index contributed by atoms with van der Waals surface area (Å²) in [7, 11) is 1.40. The second-order valence-corrected chi connectivity index (χ2v) is 15.9. The van der Waals surface area contributed by atoms with E-state index < -0.39 is 17.2 Å². The zero-order valence-electron chi connectivity index (χ0n) is 30.4. The number of pyridine rings is 1. The first-order valence-electron chi connectivity index (χ1n) is 18.3. The molecule has 13 heteroatoms.